The van der Waals surface area contributed by atoms with E-state index in [0.717, 1.165) is 23.8 Å². The summed E-state index contributed by atoms with van der Waals surface area (Å²) < 4.78 is 0. The van der Waals surface area contributed by atoms with Crippen molar-refractivity contribution in [1.82, 2.24) is 4.98 Å². The molecule has 21 heavy (non-hydrogen) atoms. The molecule has 2 atom stereocenters. The lowest BCUT2D eigenvalue weighted by atomic mass is 9.87. The molecule has 0 fully saturated rings. The van der Waals surface area contributed by atoms with E-state index in [0.29, 0.717) is 5.92 Å². The van der Waals surface area contributed by atoms with Crippen molar-refractivity contribution in [2.45, 2.75) is 24.8 Å². The smallest absolute Gasteiger partial charge is 0.0386 e. The SMILES string of the molecule is NC(c1cncc2ccccc12)C1CCc2ccccc21. The van der Waals surface area contributed by atoms with Gasteiger partial charge in [0.15, 0.2) is 0 Å². The number of aryl methyl sites for hydroxylation is 1. The topological polar surface area (TPSA) is 38.9 Å². The summed E-state index contributed by atoms with van der Waals surface area (Å²) in [5, 5.41) is 2.39. The Morgan fingerprint density at radius 2 is 1.81 bits per heavy atom. The Bertz CT molecular complexity index is 789. The van der Waals surface area contributed by atoms with E-state index in [-0.39, 0.29) is 6.04 Å². The molecule has 2 N–H and O–H groups in total. The maximum atomic E-state index is 6.64. The van der Waals surface area contributed by atoms with Crippen LogP contribution in [-0.4, -0.2) is 4.98 Å². The van der Waals surface area contributed by atoms with E-state index >= 15 is 0 Å². The highest BCUT2D eigenvalue weighted by atomic mass is 14.7. The van der Waals surface area contributed by atoms with E-state index in [9.17, 15) is 0 Å². The molecule has 0 amide bonds. The Morgan fingerprint density at radius 3 is 2.76 bits per heavy atom. The van der Waals surface area contributed by atoms with Gasteiger partial charge in [0.2, 0.25) is 0 Å². The van der Waals surface area contributed by atoms with Crippen molar-refractivity contribution >= 4 is 10.8 Å². The van der Waals surface area contributed by atoms with E-state index in [1.165, 1.54) is 16.5 Å². The summed E-state index contributed by atoms with van der Waals surface area (Å²) in [4.78, 5) is 4.38. The summed E-state index contributed by atoms with van der Waals surface area (Å²) in [5.41, 5.74) is 10.7. The number of rotatable bonds is 2. The van der Waals surface area contributed by atoms with Gasteiger partial charge < -0.3 is 5.73 Å². The number of hydrogen-bond donors (Lipinski definition) is 1. The van der Waals surface area contributed by atoms with Crippen LogP contribution in [-0.2, 0) is 6.42 Å². The van der Waals surface area contributed by atoms with E-state index in [4.69, 9.17) is 5.73 Å². The van der Waals surface area contributed by atoms with Crippen LogP contribution in [0.5, 0.6) is 0 Å². The molecule has 2 heteroatoms. The Hall–Kier alpha value is -2.19. The van der Waals surface area contributed by atoms with E-state index in [1.54, 1.807) is 0 Å². The molecule has 0 spiro atoms. The maximum absolute atomic E-state index is 6.64. The highest BCUT2D eigenvalue weighted by Gasteiger charge is 2.29. The van der Waals surface area contributed by atoms with Crippen molar-refractivity contribution in [3.05, 3.63) is 77.6 Å². The van der Waals surface area contributed by atoms with Crippen molar-refractivity contribution in [2.24, 2.45) is 5.73 Å². The standard InChI is InChI=1S/C19H18N2/c20-19(17-10-9-13-5-1-3-7-15(13)17)18-12-21-11-14-6-2-4-8-16(14)18/h1-8,11-12,17,19H,9-10,20H2. The number of nitrogens with zero attached hydrogens (tertiary/aromatic N) is 1. The predicted octanol–water partition coefficient (Wildman–Crippen LogP) is 3.96. The number of fused-ring (bicyclic) bond motifs is 2. The van der Waals surface area contributed by atoms with Crippen LogP contribution < -0.4 is 5.73 Å². The predicted molar refractivity (Wildman–Crippen MR) is 86.2 cm³/mol. The molecule has 2 unspecified atom stereocenters. The fraction of sp³-hybridized carbons (Fsp3) is 0.211. The molecule has 0 saturated carbocycles. The second-order valence-electron chi connectivity index (χ2n) is 5.82. The van der Waals surface area contributed by atoms with Crippen molar-refractivity contribution in [3.63, 3.8) is 0 Å². The summed E-state index contributed by atoms with van der Waals surface area (Å²) in [7, 11) is 0. The average molecular weight is 274 g/mol. The molecule has 0 radical (unpaired) electrons. The molecule has 104 valence electrons. The number of aromatic nitrogens is 1. The minimum atomic E-state index is 0.00671. The van der Waals surface area contributed by atoms with E-state index in [2.05, 4.69) is 47.4 Å². The van der Waals surface area contributed by atoms with Gasteiger partial charge in [-0.05, 0) is 34.9 Å². The van der Waals surface area contributed by atoms with Gasteiger partial charge >= 0.3 is 0 Å². The lowest BCUT2D eigenvalue weighted by Crippen LogP contribution is -2.18. The van der Waals surface area contributed by atoms with Gasteiger partial charge in [-0.15, -0.1) is 0 Å². The van der Waals surface area contributed by atoms with Crippen molar-refractivity contribution in [3.8, 4) is 0 Å². The zero-order chi connectivity index (χ0) is 14.2. The summed E-state index contributed by atoms with van der Waals surface area (Å²) in [5.74, 6) is 0.397. The third kappa shape index (κ3) is 2.03. The summed E-state index contributed by atoms with van der Waals surface area (Å²) >= 11 is 0. The van der Waals surface area contributed by atoms with Crippen LogP contribution in [0.1, 0.15) is 35.1 Å². The molecule has 2 aromatic carbocycles. The normalized spacial score (nSPS) is 18.6. The first-order valence-corrected chi connectivity index (χ1v) is 7.50. The molecular weight excluding hydrogens is 256 g/mol. The number of nitrogens with two attached hydrogens (primary N) is 1. The fourth-order valence-corrected chi connectivity index (χ4v) is 3.59. The van der Waals surface area contributed by atoms with Crippen LogP contribution in [0.4, 0.5) is 0 Å². The van der Waals surface area contributed by atoms with E-state index < -0.39 is 0 Å². The molecule has 1 heterocycles. The molecule has 0 bridgehead atoms. The van der Waals surface area contributed by atoms with Gasteiger partial charge in [0, 0.05) is 29.7 Å². The van der Waals surface area contributed by atoms with Crippen molar-refractivity contribution < 1.29 is 0 Å². The monoisotopic (exact) mass is 274 g/mol. The van der Waals surface area contributed by atoms with Gasteiger partial charge in [0.05, 0.1) is 0 Å². The first-order chi connectivity index (χ1) is 10.3. The minimum absolute atomic E-state index is 0.00671. The summed E-state index contributed by atoms with van der Waals surface area (Å²) in [6.45, 7) is 0. The highest BCUT2D eigenvalue weighted by molar-refractivity contribution is 5.85. The summed E-state index contributed by atoms with van der Waals surface area (Å²) in [6.07, 6.45) is 6.11. The lowest BCUT2D eigenvalue weighted by molar-refractivity contribution is 0.552. The van der Waals surface area contributed by atoms with Crippen molar-refractivity contribution in [2.75, 3.05) is 0 Å². The summed E-state index contributed by atoms with van der Waals surface area (Å²) in [6, 6.07) is 17.1. The van der Waals surface area contributed by atoms with Gasteiger partial charge in [-0.1, -0.05) is 48.5 Å². The van der Waals surface area contributed by atoms with Crippen LogP contribution in [0.2, 0.25) is 0 Å². The largest absolute Gasteiger partial charge is 0.323 e. The Morgan fingerprint density at radius 1 is 1.00 bits per heavy atom. The van der Waals surface area contributed by atoms with Gasteiger partial charge in [0.1, 0.15) is 0 Å². The molecule has 0 saturated heterocycles. The first kappa shape index (κ1) is 12.5. The number of benzene rings is 2. The zero-order valence-electron chi connectivity index (χ0n) is 11.9. The fourth-order valence-electron chi connectivity index (χ4n) is 3.59. The van der Waals surface area contributed by atoms with Crippen LogP contribution in [0.25, 0.3) is 10.8 Å². The quantitative estimate of drug-likeness (QED) is 0.768. The molecule has 1 aromatic heterocycles. The Kier molecular flexibility index (Phi) is 2.97. The Labute approximate surface area is 124 Å². The second-order valence-corrected chi connectivity index (χ2v) is 5.82. The molecular formula is C19H18N2. The van der Waals surface area contributed by atoms with Gasteiger partial charge in [-0.2, -0.15) is 0 Å². The van der Waals surface area contributed by atoms with Crippen molar-refractivity contribution in [1.29, 1.82) is 0 Å². The molecule has 1 aliphatic carbocycles. The van der Waals surface area contributed by atoms with Crippen LogP contribution in [0.15, 0.2) is 60.9 Å². The highest BCUT2D eigenvalue weighted by Crippen LogP contribution is 2.41. The number of hydrogen-bond acceptors (Lipinski definition) is 2. The molecule has 4 rings (SSSR count). The van der Waals surface area contributed by atoms with Crippen LogP contribution in [0, 0.1) is 0 Å². The Balaban J connectivity index is 1.80. The zero-order valence-corrected chi connectivity index (χ0v) is 11.9. The lowest BCUT2D eigenvalue weighted by Gasteiger charge is -2.22. The minimum Gasteiger partial charge on any atom is -0.323 e. The van der Waals surface area contributed by atoms with Gasteiger partial charge in [0.25, 0.3) is 0 Å². The van der Waals surface area contributed by atoms with Crippen LogP contribution >= 0.6 is 0 Å². The molecule has 2 nitrogen and oxygen atoms in total. The average Bonchev–Trinajstić information content (AvgIpc) is 2.98. The second kappa shape index (κ2) is 4.97. The molecule has 3 aromatic rings. The maximum Gasteiger partial charge on any atom is 0.0386 e. The number of pyridine rings is 1. The van der Waals surface area contributed by atoms with Gasteiger partial charge in [-0.3, -0.25) is 4.98 Å². The first-order valence-electron chi connectivity index (χ1n) is 7.50. The third-order valence-corrected chi connectivity index (χ3v) is 4.67. The third-order valence-electron chi connectivity index (χ3n) is 4.67. The van der Waals surface area contributed by atoms with Gasteiger partial charge in [-0.25, -0.2) is 0 Å². The molecule has 0 aliphatic heterocycles. The van der Waals surface area contributed by atoms with Crippen LogP contribution in [0.3, 0.4) is 0 Å². The molecule has 1 aliphatic rings. The van der Waals surface area contributed by atoms with E-state index in [1.807, 2.05) is 18.5 Å².